The van der Waals surface area contributed by atoms with E-state index in [0.29, 0.717) is 43.0 Å². The Labute approximate surface area is 185 Å². The summed E-state index contributed by atoms with van der Waals surface area (Å²) in [6.45, 7) is 5.49. The third kappa shape index (κ3) is 5.45. The number of nitrogens with one attached hydrogen (secondary N) is 3. The van der Waals surface area contributed by atoms with Gasteiger partial charge in [-0.15, -0.1) is 0 Å². The molecule has 3 N–H and O–H groups in total. The number of amides is 1. The molecule has 1 aromatic carbocycles. The fourth-order valence-electron chi connectivity index (χ4n) is 3.25. The lowest BCUT2D eigenvalue weighted by molar-refractivity contribution is -0.126. The van der Waals surface area contributed by atoms with Crippen molar-refractivity contribution in [3.8, 4) is 0 Å². The highest BCUT2D eigenvalue weighted by molar-refractivity contribution is 5.82. The molecule has 10 heteroatoms. The van der Waals surface area contributed by atoms with Crippen LogP contribution >= 0.6 is 0 Å². The highest BCUT2D eigenvalue weighted by Gasteiger charge is 2.34. The highest BCUT2D eigenvalue weighted by atomic mass is 19.1. The van der Waals surface area contributed by atoms with Crippen LogP contribution in [0.4, 0.5) is 27.8 Å². The van der Waals surface area contributed by atoms with Crippen LogP contribution in [-0.4, -0.2) is 45.0 Å². The molecule has 0 bridgehead atoms. The van der Waals surface area contributed by atoms with Crippen LogP contribution in [0.15, 0.2) is 48.9 Å². The molecule has 32 heavy (non-hydrogen) atoms. The lowest BCUT2D eigenvalue weighted by atomic mass is 9.99. The van der Waals surface area contributed by atoms with E-state index in [-0.39, 0.29) is 23.7 Å². The molecule has 1 aliphatic heterocycles. The normalized spacial score (nSPS) is 13.6. The molecule has 9 nitrogen and oxygen atoms in total. The van der Waals surface area contributed by atoms with Gasteiger partial charge in [0.1, 0.15) is 23.3 Å². The molecule has 1 saturated heterocycles. The van der Waals surface area contributed by atoms with Crippen molar-refractivity contribution in [1.29, 1.82) is 0 Å². The summed E-state index contributed by atoms with van der Waals surface area (Å²) in [6, 6.07) is 8.17. The standard InChI is InChI=1S/C22H25FN8O/c1-14(2)27-21(32)16-12-31(13-16)20-9-18(28-19-11-24-7-8-25-19)29-22(30-20)26-10-15-3-5-17(23)6-4-15/h3-9,11,14,16H,10,12-13H2,1-2H3,(H,27,32)(H2,25,26,28,29,30). The maximum atomic E-state index is 13.2. The molecule has 0 aliphatic carbocycles. The Bertz CT molecular complexity index is 1060. The van der Waals surface area contributed by atoms with Crippen LogP contribution in [-0.2, 0) is 11.3 Å². The molecular formula is C22H25FN8O. The molecule has 4 rings (SSSR count). The number of hydrogen-bond acceptors (Lipinski definition) is 8. The van der Waals surface area contributed by atoms with E-state index in [1.165, 1.54) is 12.1 Å². The van der Waals surface area contributed by atoms with Gasteiger partial charge in [0.05, 0.1) is 12.1 Å². The number of carbonyl (C=O) groups excluding carboxylic acids is 1. The van der Waals surface area contributed by atoms with Gasteiger partial charge in [-0.25, -0.2) is 9.37 Å². The monoisotopic (exact) mass is 436 g/mol. The van der Waals surface area contributed by atoms with Gasteiger partial charge in [0, 0.05) is 44.1 Å². The molecule has 0 spiro atoms. The smallest absolute Gasteiger partial charge is 0.226 e. The first-order chi connectivity index (χ1) is 15.5. The van der Waals surface area contributed by atoms with Crippen molar-refractivity contribution in [2.75, 3.05) is 28.6 Å². The fourth-order valence-corrected chi connectivity index (χ4v) is 3.25. The van der Waals surface area contributed by atoms with Crippen LogP contribution in [0.2, 0.25) is 0 Å². The summed E-state index contributed by atoms with van der Waals surface area (Å²) in [5.41, 5.74) is 0.901. The van der Waals surface area contributed by atoms with E-state index in [1.54, 1.807) is 30.7 Å². The summed E-state index contributed by atoms with van der Waals surface area (Å²) >= 11 is 0. The van der Waals surface area contributed by atoms with Gasteiger partial charge in [-0.3, -0.25) is 9.78 Å². The molecule has 2 aromatic heterocycles. The maximum absolute atomic E-state index is 13.2. The minimum atomic E-state index is -0.281. The number of aromatic nitrogens is 4. The van der Waals surface area contributed by atoms with E-state index < -0.39 is 0 Å². The first-order valence-electron chi connectivity index (χ1n) is 10.4. The van der Waals surface area contributed by atoms with Crippen LogP contribution in [0, 0.1) is 11.7 Å². The number of rotatable bonds is 8. The summed E-state index contributed by atoms with van der Waals surface area (Å²) in [7, 11) is 0. The van der Waals surface area contributed by atoms with Crippen LogP contribution < -0.4 is 20.9 Å². The van der Waals surface area contributed by atoms with Gasteiger partial charge in [-0.1, -0.05) is 12.1 Å². The number of nitrogens with zero attached hydrogens (tertiary/aromatic N) is 5. The van der Waals surface area contributed by atoms with Gasteiger partial charge in [-0.2, -0.15) is 9.97 Å². The second-order valence-electron chi connectivity index (χ2n) is 7.90. The minimum Gasteiger partial charge on any atom is -0.355 e. The molecule has 0 radical (unpaired) electrons. The Morgan fingerprint density at radius 1 is 1.16 bits per heavy atom. The van der Waals surface area contributed by atoms with Crippen molar-refractivity contribution in [3.05, 3.63) is 60.3 Å². The van der Waals surface area contributed by atoms with Gasteiger partial charge < -0.3 is 20.9 Å². The fraction of sp³-hybridized carbons (Fsp3) is 0.318. The number of benzene rings is 1. The molecule has 3 aromatic rings. The van der Waals surface area contributed by atoms with E-state index >= 15 is 0 Å². The second kappa shape index (κ2) is 9.54. The quantitative estimate of drug-likeness (QED) is 0.495. The zero-order valence-corrected chi connectivity index (χ0v) is 17.9. The minimum absolute atomic E-state index is 0.0536. The van der Waals surface area contributed by atoms with Gasteiger partial charge in [0.25, 0.3) is 0 Å². The zero-order valence-electron chi connectivity index (χ0n) is 17.9. The Hall–Kier alpha value is -3.82. The van der Waals surface area contributed by atoms with E-state index in [2.05, 4.69) is 35.9 Å². The van der Waals surface area contributed by atoms with Crippen LogP contribution in [0.25, 0.3) is 0 Å². The van der Waals surface area contributed by atoms with E-state index in [0.717, 1.165) is 5.56 Å². The van der Waals surface area contributed by atoms with Crippen molar-refractivity contribution in [3.63, 3.8) is 0 Å². The van der Waals surface area contributed by atoms with E-state index in [9.17, 15) is 9.18 Å². The average molecular weight is 436 g/mol. The summed E-state index contributed by atoms with van der Waals surface area (Å²) < 4.78 is 13.2. The van der Waals surface area contributed by atoms with Crippen LogP contribution in [0.5, 0.6) is 0 Å². The second-order valence-corrected chi connectivity index (χ2v) is 7.90. The van der Waals surface area contributed by atoms with Crippen molar-refractivity contribution in [1.82, 2.24) is 25.3 Å². The van der Waals surface area contributed by atoms with Crippen molar-refractivity contribution >= 4 is 29.3 Å². The molecule has 166 valence electrons. The average Bonchev–Trinajstić information content (AvgIpc) is 2.72. The van der Waals surface area contributed by atoms with Gasteiger partial charge in [0.15, 0.2) is 0 Å². The Morgan fingerprint density at radius 3 is 2.62 bits per heavy atom. The molecule has 1 fully saturated rings. The molecule has 0 unspecified atom stereocenters. The molecule has 0 atom stereocenters. The largest absolute Gasteiger partial charge is 0.355 e. The van der Waals surface area contributed by atoms with Crippen molar-refractivity contribution in [2.24, 2.45) is 5.92 Å². The highest BCUT2D eigenvalue weighted by Crippen LogP contribution is 2.27. The maximum Gasteiger partial charge on any atom is 0.226 e. The Kier molecular flexibility index (Phi) is 6.39. The Balaban J connectivity index is 1.50. The number of hydrogen-bond donors (Lipinski definition) is 3. The molecule has 1 aliphatic rings. The summed E-state index contributed by atoms with van der Waals surface area (Å²) in [4.78, 5) is 31.7. The van der Waals surface area contributed by atoms with Gasteiger partial charge >= 0.3 is 0 Å². The van der Waals surface area contributed by atoms with Gasteiger partial charge in [-0.05, 0) is 31.5 Å². The lowest BCUT2D eigenvalue weighted by Crippen LogP contribution is -2.55. The zero-order chi connectivity index (χ0) is 22.5. The molecule has 1 amide bonds. The van der Waals surface area contributed by atoms with Crippen LogP contribution in [0.3, 0.4) is 0 Å². The third-order valence-corrected chi connectivity index (χ3v) is 4.90. The van der Waals surface area contributed by atoms with Crippen molar-refractivity contribution in [2.45, 2.75) is 26.4 Å². The van der Waals surface area contributed by atoms with Gasteiger partial charge in [0.2, 0.25) is 11.9 Å². The lowest BCUT2D eigenvalue weighted by Gasteiger charge is -2.39. The first-order valence-corrected chi connectivity index (χ1v) is 10.4. The number of halogens is 1. The summed E-state index contributed by atoms with van der Waals surface area (Å²) in [5, 5.41) is 9.27. The first kappa shape index (κ1) is 21.4. The predicted molar refractivity (Wildman–Crippen MR) is 120 cm³/mol. The molecular weight excluding hydrogens is 411 g/mol. The van der Waals surface area contributed by atoms with E-state index in [1.807, 2.05) is 24.8 Å². The molecule has 0 saturated carbocycles. The Morgan fingerprint density at radius 2 is 1.94 bits per heavy atom. The number of carbonyl (C=O) groups is 1. The predicted octanol–water partition coefficient (Wildman–Crippen LogP) is 2.72. The number of anilines is 4. The van der Waals surface area contributed by atoms with Crippen molar-refractivity contribution < 1.29 is 9.18 Å². The van der Waals surface area contributed by atoms with Crippen LogP contribution in [0.1, 0.15) is 19.4 Å². The molecule has 3 heterocycles. The SMILES string of the molecule is CC(C)NC(=O)C1CN(c2cc(Nc3cnccn3)nc(NCc3ccc(F)cc3)n2)C1. The summed E-state index contributed by atoms with van der Waals surface area (Å²) in [6.07, 6.45) is 4.78. The topological polar surface area (TPSA) is 108 Å². The third-order valence-electron chi connectivity index (χ3n) is 4.90. The van der Waals surface area contributed by atoms with E-state index in [4.69, 9.17) is 0 Å². The summed E-state index contributed by atoms with van der Waals surface area (Å²) in [5.74, 6) is 1.91.